The molecular formula is C10H12F3NOS. The fraction of sp³-hybridized carbons (Fsp3) is 0.400. The molecule has 2 N–H and O–H groups in total. The molecule has 0 aliphatic carbocycles. The van der Waals surface area contributed by atoms with E-state index in [2.05, 4.69) is 4.74 Å². The summed E-state index contributed by atoms with van der Waals surface area (Å²) in [4.78, 5) is 0.774. The molecule has 16 heavy (non-hydrogen) atoms. The monoisotopic (exact) mass is 251 g/mol. The summed E-state index contributed by atoms with van der Waals surface area (Å²) in [6.07, 6.45) is -4.56. The van der Waals surface area contributed by atoms with E-state index in [0.717, 1.165) is 10.5 Å². The Morgan fingerprint density at radius 3 is 2.62 bits per heavy atom. The van der Waals surface area contributed by atoms with E-state index in [-0.39, 0.29) is 12.4 Å². The first-order valence-corrected chi connectivity index (χ1v) is 5.56. The summed E-state index contributed by atoms with van der Waals surface area (Å²) in [7, 11) is 0. The van der Waals surface area contributed by atoms with Crippen molar-refractivity contribution >= 4 is 17.4 Å². The van der Waals surface area contributed by atoms with Gasteiger partial charge in [0.05, 0.1) is 6.61 Å². The number of hydrogen-bond donors (Lipinski definition) is 1. The Bertz CT molecular complexity index is 354. The molecule has 0 atom stereocenters. The predicted molar refractivity (Wildman–Crippen MR) is 58.3 cm³/mol. The van der Waals surface area contributed by atoms with Crippen LogP contribution in [0.3, 0.4) is 0 Å². The highest BCUT2D eigenvalue weighted by molar-refractivity contribution is 7.99. The van der Waals surface area contributed by atoms with E-state index in [1.807, 2.05) is 13.0 Å². The van der Waals surface area contributed by atoms with Crippen LogP contribution in [-0.4, -0.2) is 18.7 Å². The van der Waals surface area contributed by atoms with Crippen LogP contribution in [0.2, 0.25) is 0 Å². The van der Waals surface area contributed by atoms with Crippen molar-refractivity contribution in [2.45, 2.75) is 18.2 Å². The summed E-state index contributed by atoms with van der Waals surface area (Å²) in [6, 6.07) is 5.44. The average molecular weight is 251 g/mol. The highest BCUT2D eigenvalue weighted by Gasteiger charge is 2.28. The molecule has 1 rings (SSSR count). The predicted octanol–water partition coefficient (Wildman–Crippen LogP) is 3.21. The van der Waals surface area contributed by atoms with Gasteiger partial charge in [-0.05, 0) is 24.6 Å². The fourth-order valence-electron chi connectivity index (χ4n) is 1.11. The molecule has 1 aromatic rings. The van der Waals surface area contributed by atoms with E-state index in [4.69, 9.17) is 5.73 Å². The number of ether oxygens (including phenoxy) is 1. The van der Waals surface area contributed by atoms with Crippen LogP contribution in [0.1, 0.15) is 5.56 Å². The van der Waals surface area contributed by atoms with E-state index in [1.54, 1.807) is 12.1 Å². The molecule has 0 heterocycles. The second-order valence-corrected chi connectivity index (χ2v) is 4.32. The number of thioether (sulfide) groups is 1. The number of halogens is 3. The summed E-state index contributed by atoms with van der Waals surface area (Å²) in [6.45, 7) is 1.53. The van der Waals surface area contributed by atoms with Gasteiger partial charge in [0.15, 0.2) is 0 Å². The molecule has 90 valence electrons. The number of hydrogen-bond acceptors (Lipinski definition) is 3. The lowest BCUT2D eigenvalue weighted by Gasteiger charge is -2.08. The highest BCUT2D eigenvalue weighted by Crippen LogP contribution is 2.26. The van der Waals surface area contributed by atoms with Crippen LogP contribution >= 0.6 is 11.8 Å². The standard InChI is InChI=1S/C10H12F3NOS/c1-7-2-3-9(8(14)6-7)16-5-4-15-10(11,12)13/h2-3,6H,4-5,14H2,1H3. The quantitative estimate of drug-likeness (QED) is 0.507. The largest absolute Gasteiger partial charge is 0.522 e. The van der Waals surface area contributed by atoms with Gasteiger partial charge in [-0.25, -0.2) is 0 Å². The van der Waals surface area contributed by atoms with Crippen LogP contribution in [0.25, 0.3) is 0 Å². The second-order valence-electron chi connectivity index (χ2n) is 3.18. The van der Waals surface area contributed by atoms with Crippen molar-refractivity contribution in [3.05, 3.63) is 23.8 Å². The maximum Gasteiger partial charge on any atom is 0.522 e. The summed E-state index contributed by atoms with van der Waals surface area (Å²) < 4.78 is 38.6. The maximum absolute atomic E-state index is 11.7. The van der Waals surface area contributed by atoms with Crippen LogP contribution in [0, 0.1) is 6.92 Å². The first-order valence-electron chi connectivity index (χ1n) is 4.58. The molecule has 0 aliphatic heterocycles. The minimum absolute atomic E-state index is 0.215. The van der Waals surface area contributed by atoms with Crippen molar-refractivity contribution in [2.24, 2.45) is 0 Å². The molecule has 2 nitrogen and oxygen atoms in total. The van der Waals surface area contributed by atoms with Crippen LogP contribution in [0.15, 0.2) is 23.1 Å². The minimum atomic E-state index is -4.56. The SMILES string of the molecule is Cc1ccc(SCCOC(F)(F)F)c(N)c1. The molecule has 0 spiro atoms. The van der Waals surface area contributed by atoms with Crippen molar-refractivity contribution in [1.82, 2.24) is 0 Å². The number of anilines is 1. The van der Waals surface area contributed by atoms with Crippen LogP contribution in [0.4, 0.5) is 18.9 Å². The van der Waals surface area contributed by atoms with Crippen LogP contribution < -0.4 is 5.73 Å². The number of nitrogens with two attached hydrogens (primary N) is 1. The van der Waals surface area contributed by atoms with Crippen molar-refractivity contribution in [1.29, 1.82) is 0 Å². The summed E-state index contributed by atoms with van der Waals surface area (Å²) >= 11 is 1.25. The van der Waals surface area contributed by atoms with Gasteiger partial charge >= 0.3 is 6.36 Å². The Morgan fingerprint density at radius 1 is 1.38 bits per heavy atom. The lowest BCUT2D eigenvalue weighted by atomic mass is 10.2. The highest BCUT2D eigenvalue weighted by atomic mass is 32.2. The molecule has 0 fully saturated rings. The third kappa shape index (κ3) is 4.76. The van der Waals surface area contributed by atoms with Gasteiger partial charge in [-0.3, -0.25) is 4.74 Å². The number of aryl methyl sites for hydroxylation is 1. The Balaban J connectivity index is 2.38. The fourth-order valence-corrected chi connectivity index (χ4v) is 1.88. The smallest absolute Gasteiger partial charge is 0.398 e. The zero-order chi connectivity index (χ0) is 12.2. The van der Waals surface area contributed by atoms with Gasteiger partial charge in [0, 0.05) is 16.3 Å². The van der Waals surface area contributed by atoms with Gasteiger partial charge in [-0.1, -0.05) is 6.07 Å². The van der Waals surface area contributed by atoms with Gasteiger partial charge < -0.3 is 5.73 Å². The minimum Gasteiger partial charge on any atom is -0.398 e. The third-order valence-electron chi connectivity index (χ3n) is 1.77. The van der Waals surface area contributed by atoms with E-state index >= 15 is 0 Å². The van der Waals surface area contributed by atoms with E-state index in [0.29, 0.717) is 5.69 Å². The summed E-state index contributed by atoms with van der Waals surface area (Å²) in [5.74, 6) is 0.215. The zero-order valence-electron chi connectivity index (χ0n) is 8.67. The van der Waals surface area contributed by atoms with Gasteiger partial charge in [0.25, 0.3) is 0 Å². The van der Waals surface area contributed by atoms with Gasteiger partial charge in [0.1, 0.15) is 0 Å². The lowest BCUT2D eigenvalue weighted by molar-refractivity contribution is -0.322. The van der Waals surface area contributed by atoms with Gasteiger partial charge in [0.2, 0.25) is 0 Å². The maximum atomic E-state index is 11.7. The third-order valence-corrected chi connectivity index (χ3v) is 2.83. The number of alkyl halides is 3. The first-order chi connectivity index (χ1) is 7.38. The van der Waals surface area contributed by atoms with Gasteiger partial charge in [-0.2, -0.15) is 0 Å². The van der Waals surface area contributed by atoms with E-state index < -0.39 is 6.36 Å². The number of nitrogen functional groups attached to an aromatic ring is 1. The number of rotatable bonds is 4. The van der Waals surface area contributed by atoms with Crippen molar-refractivity contribution < 1.29 is 17.9 Å². The molecule has 0 saturated heterocycles. The average Bonchev–Trinajstić information content (AvgIpc) is 2.13. The Labute approximate surface area is 96.0 Å². The topological polar surface area (TPSA) is 35.2 Å². The molecule has 0 aromatic heterocycles. The molecule has 0 saturated carbocycles. The van der Waals surface area contributed by atoms with Crippen molar-refractivity contribution in [2.75, 3.05) is 18.1 Å². The van der Waals surface area contributed by atoms with Gasteiger partial charge in [-0.15, -0.1) is 24.9 Å². The van der Waals surface area contributed by atoms with E-state index in [1.165, 1.54) is 11.8 Å². The second kappa shape index (κ2) is 5.45. The van der Waals surface area contributed by atoms with Crippen molar-refractivity contribution in [3.63, 3.8) is 0 Å². The van der Waals surface area contributed by atoms with E-state index in [9.17, 15) is 13.2 Å². The molecular weight excluding hydrogens is 239 g/mol. The first kappa shape index (κ1) is 13.2. The number of benzene rings is 1. The molecule has 0 amide bonds. The summed E-state index contributed by atoms with van der Waals surface area (Å²) in [5.41, 5.74) is 7.31. The molecule has 0 bridgehead atoms. The zero-order valence-corrected chi connectivity index (χ0v) is 9.49. The molecule has 6 heteroatoms. The molecule has 0 aliphatic rings. The normalized spacial score (nSPS) is 11.8. The van der Waals surface area contributed by atoms with Crippen LogP contribution in [-0.2, 0) is 4.74 Å². The lowest BCUT2D eigenvalue weighted by Crippen LogP contribution is -2.15. The summed E-state index contributed by atoms with van der Waals surface area (Å²) in [5, 5.41) is 0. The Kier molecular flexibility index (Phi) is 4.49. The van der Waals surface area contributed by atoms with Crippen LogP contribution in [0.5, 0.6) is 0 Å². The molecule has 0 unspecified atom stereocenters. The Morgan fingerprint density at radius 2 is 2.06 bits per heavy atom. The Hall–Kier alpha value is -0.880. The molecule has 1 aromatic carbocycles. The van der Waals surface area contributed by atoms with Crippen molar-refractivity contribution in [3.8, 4) is 0 Å². The molecule has 0 radical (unpaired) electrons.